The van der Waals surface area contributed by atoms with E-state index in [0.717, 1.165) is 13.0 Å². The second-order valence-electron chi connectivity index (χ2n) is 5.52. The zero-order chi connectivity index (χ0) is 15.3. The summed E-state index contributed by atoms with van der Waals surface area (Å²) >= 11 is 0. The highest BCUT2D eigenvalue weighted by molar-refractivity contribution is 7.89. The molecule has 1 aromatic rings. The van der Waals surface area contributed by atoms with Crippen molar-refractivity contribution < 1.29 is 13.2 Å². The van der Waals surface area contributed by atoms with Crippen LogP contribution in [0.2, 0.25) is 0 Å². The van der Waals surface area contributed by atoms with Crippen LogP contribution in [0, 0.1) is 0 Å². The van der Waals surface area contributed by atoms with E-state index in [9.17, 15) is 8.42 Å². The molecular weight excluding hydrogens is 288 g/mol. The molecule has 0 amide bonds. The Hall–Kier alpha value is -1.11. The van der Waals surface area contributed by atoms with Crippen LogP contribution in [0.1, 0.15) is 25.7 Å². The van der Waals surface area contributed by atoms with Crippen LogP contribution >= 0.6 is 0 Å². The maximum Gasteiger partial charge on any atom is 0.246 e. The fourth-order valence-electron chi connectivity index (χ4n) is 2.46. The minimum Gasteiger partial charge on any atom is -0.492 e. The van der Waals surface area contributed by atoms with Crippen LogP contribution in [0.4, 0.5) is 0 Å². The van der Waals surface area contributed by atoms with Gasteiger partial charge in [-0.1, -0.05) is 18.6 Å². The fourth-order valence-corrected chi connectivity index (χ4v) is 3.49. The molecule has 0 spiro atoms. The molecule has 1 fully saturated rings. The number of nitrogens with zero attached hydrogens (tertiary/aromatic N) is 1. The van der Waals surface area contributed by atoms with Gasteiger partial charge >= 0.3 is 0 Å². The normalized spacial score (nSPS) is 19.7. The lowest BCUT2D eigenvalue weighted by atomic mass is 10.0. The van der Waals surface area contributed by atoms with Gasteiger partial charge in [-0.2, -0.15) is 0 Å². The number of ether oxygens (including phenoxy) is 1. The van der Waals surface area contributed by atoms with Crippen molar-refractivity contribution in [3.05, 3.63) is 24.3 Å². The molecule has 1 saturated heterocycles. The summed E-state index contributed by atoms with van der Waals surface area (Å²) in [5.74, 6) is 0.432. The summed E-state index contributed by atoms with van der Waals surface area (Å²) in [6.45, 7) is 1.59. The lowest BCUT2D eigenvalue weighted by molar-refractivity contribution is 0.263. The predicted octanol–water partition coefficient (Wildman–Crippen LogP) is 1.85. The summed E-state index contributed by atoms with van der Waals surface area (Å²) in [7, 11) is -0.418. The fraction of sp³-hybridized carbons (Fsp3) is 0.600. The van der Waals surface area contributed by atoms with Gasteiger partial charge in [0, 0.05) is 20.1 Å². The third-order valence-corrected chi connectivity index (χ3v) is 5.60. The van der Waals surface area contributed by atoms with Crippen LogP contribution in [0.15, 0.2) is 29.2 Å². The summed E-state index contributed by atoms with van der Waals surface area (Å²) in [4.78, 5) is 0.228. The number of sulfonamides is 1. The Labute approximate surface area is 127 Å². The molecule has 0 aliphatic carbocycles. The van der Waals surface area contributed by atoms with Crippen molar-refractivity contribution in [2.75, 3.05) is 27.2 Å². The molecule has 2 rings (SSSR count). The highest BCUT2D eigenvalue weighted by Gasteiger charge is 2.22. The number of para-hydroxylation sites is 1. The Kier molecular flexibility index (Phi) is 5.61. The van der Waals surface area contributed by atoms with Crippen LogP contribution in [0.25, 0.3) is 0 Å². The van der Waals surface area contributed by atoms with E-state index in [-0.39, 0.29) is 4.90 Å². The van der Waals surface area contributed by atoms with E-state index in [2.05, 4.69) is 5.32 Å². The van der Waals surface area contributed by atoms with E-state index in [0.29, 0.717) is 18.4 Å². The highest BCUT2D eigenvalue weighted by atomic mass is 32.2. The quantitative estimate of drug-likeness (QED) is 0.871. The average Bonchev–Trinajstić information content (AvgIpc) is 2.48. The van der Waals surface area contributed by atoms with Crippen molar-refractivity contribution in [2.24, 2.45) is 0 Å². The summed E-state index contributed by atoms with van der Waals surface area (Å²) in [6, 6.07) is 7.29. The Morgan fingerprint density at radius 1 is 1.29 bits per heavy atom. The molecule has 21 heavy (non-hydrogen) atoms. The molecule has 0 aromatic heterocycles. The van der Waals surface area contributed by atoms with Crippen LogP contribution < -0.4 is 10.1 Å². The third kappa shape index (κ3) is 4.18. The first-order valence-electron chi connectivity index (χ1n) is 7.39. The minimum atomic E-state index is -3.47. The molecule has 1 atom stereocenters. The van der Waals surface area contributed by atoms with Crippen LogP contribution in [0.3, 0.4) is 0 Å². The van der Waals surface area contributed by atoms with Gasteiger partial charge in [-0.25, -0.2) is 12.7 Å². The van der Waals surface area contributed by atoms with Crippen molar-refractivity contribution >= 4 is 10.0 Å². The number of nitrogens with one attached hydrogen (secondary N) is 1. The second kappa shape index (κ2) is 7.24. The lowest BCUT2D eigenvalue weighted by Gasteiger charge is -2.23. The molecule has 0 bridgehead atoms. The van der Waals surface area contributed by atoms with Crippen LogP contribution in [-0.4, -0.2) is 46.0 Å². The lowest BCUT2D eigenvalue weighted by Crippen LogP contribution is -2.35. The molecule has 1 unspecified atom stereocenters. The van der Waals surface area contributed by atoms with E-state index in [4.69, 9.17) is 4.74 Å². The second-order valence-corrected chi connectivity index (χ2v) is 7.64. The van der Waals surface area contributed by atoms with Crippen molar-refractivity contribution in [3.63, 3.8) is 0 Å². The summed E-state index contributed by atoms with van der Waals surface area (Å²) in [5, 5.41) is 3.46. The maximum atomic E-state index is 12.3. The minimum absolute atomic E-state index is 0.228. The van der Waals surface area contributed by atoms with Gasteiger partial charge in [0.25, 0.3) is 0 Å². The van der Waals surface area contributed by atoms with Gasteiger partial charge in [-0.05, 0) is 37.9 Å². The average molecular weight is 312 g/mol. The van der Waals surface area contributed by atoms with Crippen LogP contribution in [-0.2, 0) is 10.0 Å². The largest absolute Gasteiger partial charge is 0.492 e. The molecule has 1 N–H and O–H groups in total. The van der Waals surface area contributed by atoms with Gasteiger partial charge in [-0.15, -0.1) is 0 Å². The molecule has 6 heteroatoms. The zero-order valence-electron chi connectivity index (χ0n) is 12.7. The number of hydrogen-bond donors (Lipinski definition) is 1. The van der Waals surface area contributed by atoms with Gasteiger partial charge in [0.2, 0.25) is 10.0 Å². The first kappa shape index (κ1) is 16.3. The Morgan fingerprint density at radius 3 is 2.71 bits per heavy atom. The van der Waals surface area contributed by atoms with Crippen LogP contribution in [0.5, 0.6) is 5.75 Å². The molecule has 118 valence electrons. The molecule has 1 aliphatic rings. The zero-order valence-corrected chi connectivity index (χ0v) is 13.5. The van der Waals surface area contributed by atoms with E-state index < -0.39 is 10.0 Å². The third-order valence-electron chi connectivity index (χ3n) is 3.74. The molecular formula is C15H24N2O3S. The van der Waals surface area contributed by atoms with E-state index in [1.807, 2.05) is 0 Å². The van der Waals surface area contributed by atoms with E-state index in [1.54, 1.807) is 24.3 Å². The first-order valence-corrected chi connectivity index (χ1v) is 8.83. The Bertz CT molecular complexity index is 552. The van der Waals surface area contributed by atoms with Crippen molar-refractivity contribution in [1.29, 1.82) is 0 Å². The first-order chi connectivity index (χ1) is 10.0. The monoisotopic (exact) mass is 312 g/mol. The topological polar surface area (TPSA) is 58.6 Å². The standard InChI is InChI=1S/C15H24N2O3S/c1-17(2)21(18,19)15-9-4-3-8-14(15)20-12-10-13-7-5-6-11-16-13/h3-4,8-9,13,16H,5-7,10-12H2,1-2H3. The summed E-state index contributed by atoms with van der Waals surface area (Å²) in [5.41, 5.74) is 0. The molecule has 1 aromatic carbocycles. The van der Waals surface area contributed by atoms with Crippen molar-refractivity contribution in [3.8, 4) is 5.75 Å². The summed E-state index contributed by atoms with van der Waals surface area (Å²) < 4.78 is 31.4. The number of benzene rings is 1. The van der Waals surface area contributed by atoms with Crippen molar-refractivity contribution in [2.45, 2.75) is 36.6 Å². The summed E-state index contributed by atoms with van der Waals surface area (Å²) in [6.07, 6.45) is 4.56. The smallest absolute Gasteiger partial charge is 0.246 e. The molecule has 1 aliphatic heterocycles. The number of rotatable bonds is 6. The number of hydrogen-bond acceptors (Lipinski definition) is 4. The van der Waals surface area contributed by atoms with E-state index >= 15 is 0 Å². The van der Waals surface area contributed by atoms with Gasteiger partial charge in [0.05, 0.1) is 6.61 Å². The number of piperidine rings is 1. The Balaban J connectivity index is 2.00. The molecule has 1 heterocycles. The molecule has 0 radical (unpaired) electrons. The van der Waals surface area contributed by atoms with Gasteiger partial charge in [0.1, 0.15) is 10.6 Å². The SMILES string of the molecule is CN(C)S(=O)(=O)c1ccccc1OCCC1CCCCN1. The highest BCUT2D eigenvalue weighted by Crippen LogP contribution is 2.25. The van der Waals surface area contributed by atoms with Gasteiger partial charge in [-0.3, -0.25) is 0 Å². The maximum absolute atomic E-state index is 12.3. The molecule has 5 nitrogen and oxygen atoms in total. The van der Waals surface area contributed by atoms with E-state index in [1.165, 1.54) is 37.7 Å². The predicted molar refractivity (Wildman–Crippen MR) is 83.1 cm³/mol. The van der Waals surface area contributed by atoms with Gasteiger partial charge in [0.15, 0.2) is 0 Å². The Morgan fingerprint density at radius 2 is 2.05 bits per heavy atom. The van der Waals surface area contributed by atoms with Crippen molar-refractivity contribution in [1.82, 2.24) is 9.62 Å². The van der Waals surface area contributed by atoms with Gasteiger partial charge < -0.3 is 10.1 Å². The molecule has 0 saturated carbocycles.